The van der Waals surface area contributed by atoms with Gasteiger partial charge >= 0.3 is 0 Å². The molecule has 1 N–H and O–H groups in total. The highest BCUT2D eigenvalue weighted by atomic mass is 16.2. The van der Waals surface area contributed by atoms with Gasteiger partial charge in [0.25, 0.3) is 5.91 Å². The number of hydrogen-bond acceptors (Lipinski definition) is 4. The smallest absolute Gasteiger partial charge is 0.272 e. The monoisotopic (exact) mass is 377 g/mol. The van der Waals surface area contributed by atoms with Crippen LogP contribution in [0.5, 0.6) is 0 Å². The minimum atomic E-state index is -0.0753. The molecule has 1 atom stereocenters. The van der Waals surface area contributed by atoms with Crippen molar-refractivity contribution in [3.8, 4) is 0 Å². The second kappa shape index (κ2) is 8.10. The molecular weight excluding hydrogens is 350 g/mol. The molecule has 0 unspecified atom stereocenters. The van der Waals surface area contributed by atoms with E-state index in [2.05, 4.69) is 44.1 Å². The summed E-state index contributed by atoms with van der Waals surface area (Å²) in [7, 11) is 3.49. The average Bonchev–Trinajstić information content (AvgIpc) is 3.15. The molecule has 1 amide bonds. The SMILES string of the molecule is CN(C)C(=O)c1cc(C[C@H]2CCCN(Cc3ccc4cc[nH]c4c3)C2)ncn1. The van der Waals surface area contributed by atoms with E-state index in [1.54, 1.807) is 19.0 Å². The fourth-order valence-electron chi connectivity index (χ4n) is 4.06. The predicted molar refractivity (Wildman–Crippen MR) is 110 cm³/mol. The van der Waals surface area contributed by atoms with Crippen molar-refractivity contribution in [2.45, 2.75) is 25.8 Å². The molecule has 1 fully saturated rings. The molecule has 1 aliphatic rings. The van der Waals surface area contributed by atoms with Crippen LogP contribution in [0.2, 0.25) is 0 Å². The molecule has 0 saturated carbocycles. The lowest BCUT2D eigenvalue weighted by molar-refractivity contribution is 0.0821. The van der Waals surface area contributed by atoms with Crippen LogP contribution in [0.3, 0.4) is 0 Å². The summed E-state index contributed by atoms with van der Waals surface area (Å²) in [5, 5.41) is 1.26. The van der Waals surface area contributed by atoms with E-state index >= 15 is 0 Å². The van der Waals surface area contributed by atoms with E-state index in [0.717, 1.165) is 31.7 Å². The molecular formula is C22H27N5O. The third-order valence-electron chi connectivity index (χ3n) is 5.48. The van der Waals surface area contributed by atoms with E-state index in [9.17, 15) is 4.79 Å². The van der Waals surface area contributed by atoms with E-state index in [1.807, 2.05) is 12.3 Å². The zero-order valence-corrected chi connectivity index (χ0v) is 16.6. The van der Waals surface area contributed by atoms with Crippen LogP contribution in [-0.2, 0) is 13.0 Å². The van der Waals surface area contributed by atoms with Crippen molar-refractivity contribution in [3.05, 3.63) is 59.8 Å². The van der Waals surface area contributed by atoms with Crippen LogP contribution in [0.4, 0.5) is 0 Å². The topological polar surface area (TPSA) is 65.1 Å². The summed E-state index contributed by atoms with van der Waals surface area (Å²) in [6, 6.07) is 10.6. The van der Waals surface area contributed by atoms with Crippen LogP contribution in [0.1, 0.15) is 34.6 Å². The lowest BCUT2D eigenvalue weighted by Gasteiger charge is -2.32. The number of hydrogen-bond donors (Lipinski definition) is 1. The lowest BCUT2D eigenvalue weighted by atomic mass is 9.92. The maximum atomic E-state index is 12.1. The maximum absolute atomic E-state index is 12.1. The second-order valence-electron chi connectivity index (χ2n) is 7.94. The number of likely N-dealkylation sites (tertiary alicyclic amines) is 1. The van der Waals surface area contributed by atoms with Crippen molar-refractivity contribution < 1.29 is 4.79 Å². The van der Waals surface area contributed by atoms with Gasteiger partial charge in [-0.05, 0) is 60.9 Å². The molecule has 3 aromatic rings. The first-order valence-electron chi connectivity index (χ1n) is 9.89. The molecule has 6 nitrogen and oxygen atoms in total. The van der Waals surface area contributed by atoms with Gasteiger partial charge in [0, 0.05) is 44.6 Å². The molecule has 6 heteroatoms. The first-order valence-corrected chi connectivity index (χ1v) is 9.89. The Morgan fingerprint density at radius 3 is 3.00 bits per heavy atom. The van der Waals surface area contributed by atoms with Crippen molar-refractivity contribution in [1.29, 1.82) is 0 Å². The number of H-pyrrole nitrogens is 1. The number of nitrogens with one attached hydrogen (secondary N) is 1. The zero-order valence-electron chi connectivity index (χ0n) is 16.6. The molecule has 28 heavy (non-hydrogen) atoms. The normalized spacial score (nSPS) is 17.7. The number of aromatic amines is 1. The number of piperidine rings is 1. The van der Waals surface area contributed by atoms with Crippen LogP contribution in [0.25, 0.3) is 10.9 Å². The molecule has 0 bridgehead atoms. The number of carbonyl (C=O) groups excluding carboxylic acids is 1. The van der Waals surface area contributed by atoms with Crippen molar-refractivity contribution >= 4 is 16.8 Å². The van der Waals surface area contributed by atoms with E-state index in [4.69, 9.17) is 0 Å². The Balaban J connectivity index is 1.40. The standard InChI is InChI=1S/C22H27N5O/c1-26(2)22(28)21-12-19(24-15-25-21)10-16-4-3-9-27(13-16)14-17-5-6-18-7-8-23-20(18)11-17/h5-8,11-12,15-16,23H,3-4,9-10,13-14H2,1-2H3/t16-/m1/s1. The molecule has 1 aromatic carbocycles. The molecule has 3 heterocycles. The van der Waals surface area contributed by atoms with Gasteiger partial charge in [0.1, 0.15) is 12.0 Å². The number of rotatable bonds is 5. The predicted octanol–water partition coefficient (Wildman–Crippen LogP) is 3.11. The minimum Gasteiger partial charge on any atom is -0.361 e. The third kappa shape index (κ3) is 4.22. The number of carbonyl (C=O) groups is 1. The Hall–Kier alpha value is -2.73. The van der Waals surface area contributed by atoms with Gasteiger partial charge in [0.05, 0.1) is 0 Å². The van der Waals surface area contributed by atoms with Crippen LogP contribution in [0, 0.1) is 5.92 Å². The summed E-state index contributed by atoms with van der Waals surface area (Å²) >= 11 is 0. The molecule has 146 valence electrons. The fraction of sp³-hybridized carbons (Fsp3) is 0.409. The number of amides is 1. The Morgan fingerprint density at radius 1 is 1.25 bits per heavy atom. The highest BCUT2D eigenvalue weighted by molar-refractivity contribution is 5.91. The van der Waals surface area contributed by atoms with E-state index in [0.29, 0.717) is 11.6 Å². The Bertz CT molecular complexity index is 964. The molecule has 4 rings (SSSR count). The zero-order chi connectivity index (χ0) is 19.5. The second-order valence-corrected chi connectivity index (χ2v) is 7.94. The molecule has 1 saturated heterocycles. The molecule has 0 aliphatic carbocycles. The van der Waals surface area contributed by atoms with E-state index in [-0.39, 0.29) is 5.91 Å². The number of aromatic nitrogens is 3. The summed E-state index contributed by atoms with van der Waals surface area (Å²) in [4.78, 5) is 28.1. The van der Waals surface area contributed by atoms with Crippen molar-refractivity contribution in [2.75, 3.05) is 27.2 Å². The molecule has 2 aromatic heterocycles. The Morgan fingerprint density at radius 2 is 2.14 bits per heavy atom. The summed E-state index contributed by atoms with van der Waals surface area (Å²) in [5.41, 5.74) is 3.98. The number of nitrogens with zero attached hydrogens (tertiary/aromatic N) is 4. The van der Waals surface area contributed by atoms with Crippen LogP contribution >= 0.6 is 0 Å². The highest BCUT2D eigenvalue weighted by Gasteiger charge is 2.21. The maximum Gasteiger partial charge on any atom is 0.272 e. The van der Waals surface area contributed by atoms with E-state index < -0.39 is 0 Å². The van der Waals surface area contributed by atoms with Crippen LogP contribution in [-0.4, -0.2) is 57.8 Å². The fourth-order valence-corrected chi connectivity index (χ4v) is 4.06. The van der Waals surface area contributed by atoms with E-state index in [1.165, 1.54) is 35.6 Å². The van der Waals surface area contributed by atoms with Crippen molar-refractivity contribution in [2.24, 2.45) is 5.92 Å². The van der Waals surface area contributed by atoms with Crippen molar-refractivity contribution in [3.63, 3.8) is 0 Å². The third-order valence-corrected chi connectivity index (χ3v) is 5.48. The summed E-state index contributed by atoms with van der Waals surface area (Å²) in [5.74, 6) is 0.480. The summed E-state index contributed by atoms with van der Waals surface area (Å²) < 4.78 is 0. The Labute approximate surface area is 165 Å². The largest absolute Gasteiger partial charge is 0.361 e. The van der Waals surface area contributed by atoms with Gasteiger partial charge in [0.15, 0.2) is 0 Å². The summed E-state index contributed by atoms with van der Waals surface area (Å²) in [6.07, 6.45) is 6.79. The lowest BCUT2D eigenvalue weighted by Crippen LogP contribution is -2.35. The van der Waals surface area contributed by atoms with Crippen LogP contribution < -0.4 is 0 Å². The highest BCUT2D eigenvalue weighted by Crippen LogP contribution is 2.23. The molecule has 0 spiro atoms. The van der Waals surface area contributed by atoms with Crippen molar-refractivity contribution in [1.82, 2.24) is 24.8 Å². The quantitative estimate of drug-likeness (QED) is 0.742. The first-order chi connectivity index (χ1) is 13.6. The summed E-state index contributed by atoms with van der Waals surface area (Å²) in [6.45, 7) is 3.16. The average molecular weight is 377 g/mol. The van der Waals surface area contributed by atoms with Gasteiger partial charge in [-0.3, -0.25) is 9.69 Å². The van der Waals surface area contributed by atoms with Gasteiger partial charge in [-0.25, -0.2) is 9.97 Å². The number of benzene rings is 1. The van der Waals surface area contributed by atoms with Gasteiger partial charge < -0.3 is 9.88 Å². The van der Waals surface area contributed by atoms with Gasteiger partial charge in [0.2, 0.25) is 0 Å². The molecule has 1 aliphatic heterocycles. The number of fused-ring (bicyclic) bond motifs is 1. The first kappa shape index (κ1) is 18.6. The van der Waals surface area contributed by atoms with Crippen LogP contribution in [0.15, 0.2) is 42.9 Å². The van der Waals surface area contributed by atoms with Gasteiger partial charge in [-0.1, -0.05) is 12.1 Å². The van der Waals surface area contributed by atoms with Gasteiger partial charge in [-0.15, -0.1) is 0 Å². The minimum absolute atomic E-state index is 0.0753. The molecule has 0 radical (unpaired) electrons. The Kier molecular flexibility index (Phi) is 5.39. The van der Waals surface area contributed by atoms with Gasteiger partial charge in [-0.2, -0.15) is 0 Å².